The summed E-state index contributed by atoms with van der Waals surface area (Å²) in [7, 11) is -5.89. The Morgan fingerprint density at radius 1 is 0.917 bits per heavy atom. The molecule has 48 heavy (non-hydrogen) atoms. The summed E-state index contributed by atoms with van der Waals surface area (Å²) in [4.78, 5) is 27.2. The normalized spacial score (nSPS) is 20.9. The largest absolute Gasteiger partial charge is 0.399 e. The molecule has 0 radical (unpaired) electrons. The molecule has 4 aromatic rings. The van der Waals surface area contributed by atoms with Crippen LogP contribution in [-0.2, 0) is 28.2 Å². The van der Waals surface area contributed by atoms with Gasteiger partial charge in [-0.05, 0) is 34.5 Å². The van der Waals surface area contributed by atoms with E-state index in [4.69, 9.17) is 18.1 Å². The summed E-state index contributed by atoms with van der Waals surface area (Å²) in [6, 6.07) is 27.3. The van der Waals surface area contributed by atoms with E-state index in [1.54, 1.807) is 12.1 Å². The molecule has 0 spiro atoms. The second-order valence-corrected chi connectivity index (χ2v) is 18.8. The Balaban J connectivity index is 1.55. The first kappa shape index (κ1) is 35.6. The van der Waals surface area contributed by atoms with Crippen molar-refractivity contribution >= 4 is 28.8 Å². The van der Waals surface area contributed by atoms with Gasteiger partial charge in [0.15, 0.2) is 6.23 Å². The van der Waals surface area contributed by atoms with Gasteiger partial charge in [-0.3, -0.25) is 18.5 Å². The highest BCUT2D eigenvalue weighted by atomic mass is 32.2. The summed E-state index contributed by atoms with van der Waals surface area (Å²) < 4.78 is 52.1. The van der Waals surface area contributed by atoms with Crippen LogP contribution >= 0.6 is 0 Å². The van der Waals surface area contributed by atoms with E-state index < -0.39 is 65.4 Å². The van der Waals surface area contributed by atoms with Crippen molar-refractivity contribution in [2.45, 2.75) is 74.7 Å². The minimum Gasteiger partial charge on any atom is -0.399 e. The Morgan fingerprint density at radius 3 is 2.02 bits per heavy atom. The maximum atomic E-state index is 13.0. The van der Waals surface area contributed by atoms with E-state index in [0.717, 1.165) is 15.9 Å². The summed E-state index contributed by atoms with van der Waals surface area (Å²) in [6.45, 7) is 7.83. The lowest BCUT2D eigenvalue weighted by atomic mass is 10.0. The van der Waals surface area contributed by atoms with Gasteiger partial charge in [-0.15, -0.1) is 0 Å². The van der Waals surface area contributed by atoms with Crippen molar-refractivity contribution in [2.24, 2.45) is 0 Å². The van der Waals surface area contributed by atoms with Gasteiger partial charge in [-0.25, -0.2) is 4.79 Å². The molecule has 1 fully saturated rings. The molecular formula is C35H42N2O9SSi. The lowest BCUT2D eigenvalue weighted by Gasteiger charge is -2.46. The lowest BCUT2D eigenvalue weighted by Crippen LogP contribution is -2.69. The molecule has 0 saturated carbocycles. The highest BCUT2D eigenvalue weighted by Crippen LogP contribution is 2.42. The van der Waals surface area contributed by atoms with Crippen molar-refractivity contribution in [2.75, 3.05) is 13.7 Å². The molecule has 11 nitrogen and oxygen atoms in total. The zero-order chi connectivity index (χ0) is 34.7. The zero-order valence-electron chi connectivity index (χ0n) is 27.6. The second-order valence-electron chi connectivity index (χ2n) is 12.9. The predicted molar refractivity (Wildman–Crippen MR) is 183 cm³/mol. The van der Waals surface area contributed by atoms with Crippen LogP contribution in [0.2, 0.25) is 5.04 Å². The number of benzene rings is 3. The van der Waals surface area contributed by atoms with Gasteiger partial charge >= 0.3 is 5.69 Å². The van der Waals surface area contributed by atoms with E-state index in [0.29, 0.717) is 0 Å². The molecule has 1 saturated heterocycles. The maximum absolute atomic E-state index is 13.0. The number of aliphatic hydroxyl groups is 1. The van der Waals surface area contributed by atoms with Crippen LogP contribution in [0.1, 0.15) is 39.0 Å². The van der Waals surface area contributed by atoms with Crippen LogP contribution in [0.15, 0.2) is 112 Å². The molecule has 3 aromatic carbocycles. The molecule has 1 aliphatic heterocycles. The van der Waals surface area contributed by atoms with E-state index in [-0.39, 0.29) is 17.9 Å². The molecular weight excluding hydrogens is 653 g/mol. The lowest BCUT2D eigenvalue weighted by molar-refractivity contribution is -0.0901. The van der Waals surface area contributed by atoms with Crippen LogP contribution < -0.4 is 21.6 Å². The number of H-pyrrole nitrogens is 1. The zero-order valence-corrected chi connectivity index (χ0v) is 29.4. The Labute approximate surface area is 281 Å². The molecule has 256 valence electrons. The van der Waals surface area contributed by atoms with Gasteiger partial charge in [0.2, 0.25) is 0 Å². The summed E-state index contributed by atoms with van der Waals surface area (Å²) in [5.74, 6) is 0. The van der Waals surface area contributed by atoms with Gasteiger partial charge in [-0.2, -0.15) is 8.42 Å². The number of methoxy groups -OCH3 is 1. The standard InChI is InChI=1S/C35H42N2O9SSi/c1-24-16-18-25(19-17-24)47(41,42)44-23-21-28(38)30-31(32(43-5)33(45-30)37-22-20-29(39)36-34(37)40)46-48(35(2,3)4,26-12-8-6-9-13-26)27-14-10-7-11-15-27/h6-20,22,28,30-33,38H,21,23H2,1-5H3,(H,36,39,40)/t28-,30-,31-,32-,33-/m1/s1. The SMILES string of the molecule is CO[C@@H]1[C@H](O[Si](c2ccccc2)(c2ccccc2)C(C)(C)C)[C@@H]([C@H](O)CCOS(=O)(=O)c2ccc(C)cc2)O[C@H]1n1ccc(=O)[nH]c1=O. The Bertz CT molecular complexity index is 1850. The molecule has 0 unspecified atom stereocenters. The second kappa shape index (κ2) is 14.4. The molecule has 1 aromatic heterocycles. The van der Waals surface area contributed by atoms with Crippen LogP contribution in [0, 0.1) is 6.92 Å². The topological polar surface area (TPSA) is 146 Å². The van der Waals surface area contributed by atoms with Crippen molar-refractivity contribution in [3.8, 4) is 0 Å². The van der Waals surface area contributed by atoms with Crippen LogP contribution in [-0.4, -0.2) is 69.5 Å². The fourth-order valence-corrected chi connectivity index (χ4v) is 11.9. The third kappa shape index (κ3) is 7.17. The third-order valence-corrected chi connectivity index (χ3v) is 15.1. The number of nitrogens with one attached hydrogen (secondary N) is 1. The van der Waals surface area contributed by atoms with E-state index in [1.807, 2.05) is 67.6 Å². The van der Waals surface area contributed by atoms with Gasteiger partial charge in [0.25, 0.3) is 24.0 Å². The fourth-order valence-electron chi connectivity index (χ4n) is 6.32. The highest BCUT2D eigenvalue weighted by Gasteiger charge is 2.58. The highest BCUT2D eigenvalue weighted by molar-refractivity contribution is 7.86. The minimum absolute atomic E-state index is 0.00422. The summed E-state index contributed by atoms with van der Waals surface area (Å²) >= 11 is 0. The third-order valence-electron chi connectivity index (χ3n) is 8.69. The average molecular weight is 695 g/mol. The quantitative estimate of drug-likeness (QED) is 0.169. The summed E-state index contributed by atoms with van der Waals surface area (Å²) in [5.41, 5.74) is -0.396. The number of aromatic amines is 1. The first-order chi connectivity index (χ1) is 22.8. The monoisotopic (exact) mass is 694 g/mol. The number of ether oxygens (including phenoxy) is 2. The van der Waals surface area contributed by atoms with Crippen molar-refractivity contribution in [1.82, 2.24) is 9.55 Å². The predicted octanol–water partition coefficient (Wildman–Crippen LogP) is 2.86. The first-order valence-electron chi connectivity index (χ1n) is 15.7. The number of nitrogens with zero attached hydrogens (tertiary/aromatic N) is 1. The van der Waals surface area contributed by atoms with Crippen molar-refractivity contribution in [1.29, 1.82) is 0 Å². The van der Waals surface area contributed by atoms with Gasteiger partial charge in [0.05, 0.1) is 17.6 Å². The van der Waals surface area contributed by atoms with E-state index in [2.05, 4.69) is 25.8 Å². The number of hydrogen-bond donors (Lipinski definition) is 2. The molecule has 2 N–H and O–H groups in total. The molecule has 5 atom stereocenters. The molecule has 0 aliphatic carbocycles. The molecule has 1 aliphatic rings. The van der Waals surface area contributed by atoms with Crippen molar-refractivity contribution in [3.05, 3.63) is 124 Å². The van der Waals surface area contributed by atoms with Crippen LogP contribution in [0.25, 0.3) is 0 Å². The fraction of sp³-hybridized carbons (Fsp3) is 0.371. The maximum Gasteiger partial charge on any atom is 0.330 e. The number of rotatable bonds is 12. The van der Waals surface area contributed by atoms with Crippen molar-refractivity contribution in [3.63, 3.8) is 0 Å². The van der Waals surface area contributed by atoms with Crippen molar-refractivity contribution < 1.29 is 31.6 Å². The summed E-state index contributed by atoms with van der Waals surface area (Å²) in [6.07, 6.45) is -4.20. The van der Waals surface area contributed by atoms with Crippen LogP contribution in [0.3, 0.4) is 0 Å². The first-order valence-corrected chi connectivity index (χ1v) is 19.0. The number of aromatic nitrogens is 2. The number of hydrogen-bond acceptors (Lipinski definition) is 9. The molecule has 0 amide bonds. The smallest absolute Gasteiger partial charge is 0.330 e. The van der Waals surface area contributed by atoms with E-state index in [1.165, 1.54) is 36.1 Å². The molecule has 13 heteroatoms. The van der Waals surface area contributed by atoms with Gasteiger partial charge < -0.3 is 19.0 Å². The Morgan fingerprint density at radius 2 is 1.50 bits per heavy atom. The number of aliphatic hydroxyl groups excluding tert-OH is 1. The minimum atomic E-state index is -4.09. The average Bonchev–Trinajstić information content (AvgIpc) is 3.41. The molecule has 0 bridgehead atoms. The molecule has 5 rings (SSSR count). The Kier molecular flexibility index (Phi) is 10.7. The van der Waals surface area contributed by atoms with E-state index >= 15 is 0 Å². The van der Waals surface area contributed by atoms with E-state index in [9.17, 15) is 23.1 Å². The van der Waals surface area contributed by atoms with Gasteiger partial charge in [0, 0.05) is 25.8 Å². The Hall–Kier alpha value is -3.69. The summed E-state index contributed by atoms with van der Waals surface area (Å²) in [5, 5.41) is 13.2. The van der Waals surface area contributed by atoms with Crippen LogP contribution in [0.5, 0.6) is 0 Å². The number of aryl methyl sites for hydroxylation is 1. The van der Waals surface area contributed by atoms with Crippen LogP contribution in [0.4, 0.5) is 0 Å². The van der Waals surface area contributed by atoms with Gasteiger partial charge in [0.1, 0.15) is 18.3 Å². The van der Waals surface area contributed by atoms with Gasteiger partial charge in [-0.1, -0.05) is 99.1 Å². The molecule has 2 heterocycles.